The van der Waals surface area contributed by atoms with Gasteiger partial charge < -0.3 is 5.73 Å². The number of rotatable bonds is 4. The van der Waals surface area contributed by atoms with E-state index in [0.717, 1.165) is 22.6 Å². The largest absolute Gasteiger partial charge is 0.325 e. The minimum absolute atomic E-state index is 0.361. The number of hydrogen-bond donors (Lipinski definition) is 1. The molecular weight excluding hydrogens is 284 g/mol. The molecule has 0 atom stereocenters. The van der Waals surface area contributed by atoms with Crippen LogP contribution in [0.25, 0.3) is 17.8 Å². The van der Waals surface area contributed by atoms with Crippen LogP contribution >= 0.6 is 0 Å². The number of aromatic nitrogens is 3. The van der Waals surface area contributed by atoms with Gasteiger partial charge >= 0.3 is 0 Å². The van der Waals surface area contributed by atoms with Crippen molar-refractivity contribution in [3.05, 3.63) is 76.6 Å². The lowest BCUT2D eigenvalue weighted by Crippen LogP contribution is -2.02. The summed E-state index contributed by atoms with van der Waals surface area (Å²) in [6, 6.07) is 16.6. The van der Waals surface area contributed by atoms with E-state index in [4.69, 9.17) is 5.73 Å². The number of hydrogen-bond acceptors (Lipinski definition) is 3. The minimum atomic E-state index is 0.361. The maximum Gasteiger partial charge on any atom is 0.104 e. The summed E-state index contributed by atoms with van der Waals surface area (Å²) in [6.07, 6.45) is 4.08. The van der Waals surface area contributed by atoms with E-state index in [1.54, 1.807) is 0 Å². The van der Waals surface area contributed by atoms with Gasteiger partial charge in [-0.1, -0.05) is 53.3 Å². The van der Waals surface area contributed by atoms with E-state index in [1.807, 2.05) is 22.9 Å². The quantitative estimate of drug-likeness (QED) is 0.802. The molecule has 0 spiro atoms. The molecule has 0 saturated carbocycles. The highest BCUT2D eigenvalue weighted by Gasteiger charge is 2.10. The molecule has 23 heavy (non-hydrogen) atoms. The van der Waals surface area contributed by atoms with Gasteiger partial charge in [0.2, 0.25) is 0 Å². The molecule has 3 rings (SSSR count). The summed E-state index contributed by atoms with van der Waals surface area (Å²) in [5, 5.41) is 8.46. The first-order chi connectivity index (χ1) is 11.2. The summed E-state index contributed by atoms with van der Waals surface area (Å²) >= 11 is 0. The van der Waals surface area contributed by atoms with E-state index in [-0.39, 0.29) is 0 Å². The minimum Gasteiger partial charge on any atom is -0.325 e. The van der Waals surface area contributed by atoms with Crippen molar-refractivity contribution in [3.63, 3.8) is 0 Å². The first-order valence-electron chi connectivity index (χ1n) is 7.64. The van der Waals surface area contributed by atoms with Crippen LogP contribution in [0.4, 0.5) is 0 Å². The Labute approximate surface area is 136 Å². The zero-order valence-corrected chi connectivity index (χ0v) is 13.4. The molecule has 4 heteroatoms. The van der Waals surface area contributed by atoms with Crippen LogP contribution in [0.1, 0.15) is 28.1 Å². The normalized spacial score (nSPS) is 11.3. The van der Waals surface area contributed by atoms with E-state index in [0.29, 0.717) is 6.54 Å². The number of aryl methyl sites for hydroxylation is 2. The van der Waals surface area contributed by atoms with Crippen LogP contribution in [0.15, 0.2) is 48.5 Å². The fourth-order valence-corrected chi connectivity index (χ4v) is 2.44. The molecule has 3 aromatic rings. The summed E-state index contributed by atoms with van der Waals surface area (Å²) in [5.41, 5.74) is 12.1. The Morgan fingerprint density at radius 2 is 1.78 bits per heavy atom. The van der Waals surface area contributed by atoms with Crippen LogP contribution in [0.2, 0.25) is 0 Å². The molecule has 0 bridgehead atoms. The molecular formula is C19H20N4. The molecule has 1 heterocycles. The predicted molar refractivity (Wildman–Crippen MR) is 94.1 cm³/mol. The second kappa shape index (κ2) is 6.58. The third kappa shape index (κ3) is 3.38. The molecule has 1 aromatic heterocycles. The van der Waals surface area contributed by atoms with Gasteiger partial charge in [0, 0.05) is 6.54 Å². The molecule has 116 valence electrons. The van der Waals surface area contributed by atoms with Crippen molar-refractivity contribution in [1.29, 1.82) is 0 Å². The fourth-order valence-electron chi connectivity index (χ4n) is 2.44. The standard InChI is InChI=1S/C19H20N4/c1-14-6-8-16(9-7-14)10-11-19-18(13-20)21-22-23(19)17-5-3-4-15(2)12-17/h3-12H,13,20H2,1-2H3/b11-10+. The van der Waals surface area contributed by atoms with Gasteiger partial charge in [-0.15, -0.1) is 5.10 Å². The Hall–Kier alpha value is -2.72. The monoisotopic (exact) mass is 304 g/mol. The Bertz CT molecular complexity index is 829. The highest BCUT2D eigenvalue weighted by Crippen LogP contribution is 2.17. The van der Waals surface area contributed by atoms with Gasteiger partial charge in [-0.2, -0.15) is 0 Å². The molecule has 0 saturated heterocycles. The van der Waals surface area contributed by atoms with E-state index in [1.165, 1.54) is 11.1 Å². The topological polar surface area (TPSA) is 56.7 Å². The maximum atomic E-state index is 5.81. The van der Waals surface area contributed by atoms with Gasteiger partial charge in [0.15, 0.2) is 0 Å². The summed E-state index contributed by atoms with van der Waals surface area (Å²) < 4.78 is 1.83. The third-order valence-electron chi connectivity index (χ3n) is 3.73. The summed E-state index contributed by atoms with van der Waals surface area (Å²) in [5.74, 6) is 0. The van der Waals surface area contributed by atoms with E-state index in [2.05, 4.69) is 66.6 Å². The molecule has 0 amide bonds. The van der Waals surface area contributed by atoms with Gasteiger partial charge in [-0.25, -0.2) is 4.68 Å². The maximum absolute atomic E-state index is 5.81. The SMILES string of the molecule is Cc1ccc(/C=C/c2c(CN)nnn2-c2cccc(C)c2)cc1. The smallest absolute Gasteiger partial charge is 0.104 e. The second-order valence-electron chi connectivity index (χ2n) is 5.62. The first-order valence-corrected chi connectivity index (χ1v) is 7.64. The van der Waals surface area contributed by atoms with Crippen LogP contribution in [0.3, 0.4) is 0 Å². The van der Waals surface area contributed by atoms with Crippen molar-refractivity contribution in [2.24, 2.45) is 5.73 Å². The van der Waals surface area contributed by atoms with Gasteiger partial charge in [0.1, 0.15) is 5.69 Å². The van der Waals surface area contributed by atoms with Crippen molar-refractivity contribution < 1.29 is 0 Å². The molecule has 2 aromatic carbocycles. The van der Waals surface area contributed by atoms with Crippen molar-refractivity contribution in [2.45, 2.75) is 20.4 Å². The first kappa shape index (κ1) is 15.2. The third-order valence-corrected chi connectivity index (χ3v) is 3.73. The van der Waals surface area contributed by atoms with Crippen molar-refractivity contribution in [1.82, 2.24) is 15.0 Å². The zero-order chi connectivity index (χ0) is 16.2. The van der Waals surface area contributed by atoms with Crippen molar-refractivity contribution in [2.75, 3.05) is 0 Å². The predicted octanol–water partition coefficient (Wildman–Crippen LogP) is 3.51. The Balaban J connectivity index is 2.00. The summed E-state index contributed by atoms with van der Waals surface area (Å²) in [7, 11) is 0. The van der Waals surface area contributed by atoms with Crippen molar-refractivity contribution in [3.8, 4) is 5.69 Å². The molecule has 0 unspecified atom stereocenters. The number of nitrogens with two attached hydrogens (primary N) is 1. The Kier molecular flexibility index (Phi) is 4.35. The number of benzene rings is 2. The number of nitrogens with zero attached hydrogens (tertiary/aromatic N) is 3. The van der Waals surface area contributed by atoms with Crippen LogP contribution < -0.4 is 5.73 Å². The highest BCUT2D eigenvalue weighted by atomic mass is 15.4. The van der Waals surface area contributed by atoms with E-state index in [9.17, 15) is 0 Å². The summed E-state index contributed by atoms with van der Waals surface area (Å²) in [6.45, 7) is 4.50. The van der Waals surface area contributed by atoms with E-state index >= 15 is 0 Å². The van der Waals surface area contributed by atoms with Crippen LogP contribution in [0.5, 0.6) is 0 Å². The molecule has 0 aliphatic heterocycles. The lowest BCUT2D eigenvalue weighted by atomic mass is 10.1. The molecule has 4 nitrogen and oxygen atoms in total. The lowest BCUT2D eigenvalue weighted by molar-refractivity contribution is 0.792. The van der Waals surface area contributed by atoms with Gasteiger partial charge in [-0.05, 0) is 43.2 Å². The molecule has 0 aliphatic rings. The van der Waals surface area contributed by atoms with Crippen LogP contribution in [0, 0.1) is 13.8 Å². The Morgan fingerprint density at radius 3 is 2.48 bits per heavy atom. The van der Waals surface area contributed by atoms with Crippen LogP contribution in [-0.4, -0.2) is 15.0 Å². The molecule has 0 aliphatic carbocycles. The second-order valence-corrected chi connectivity index (χ2v) is 5.62. The zero-order valence-electron chi connectivity index (χ0n) is 13.4. The van der Waals surface area contributed by atoms with Gasteiger partial charge in [0.25, 0.3) is 0 Å². The average Bonchev–Trinajstić information content (AvgIpc) is 2.97. The lowest BCUT2D eigenvalue weighted by Gasteiger charge is -2.05. The van der Waals surface area contributed by atoms with Crippen molar-refractivity contribution >= 4 is 12.2 Å². The average molecular weight is 304 g/mol. The van der Waals surface area contributed by atoms with Gasteiger partial charge in [-0.3, -0.25) is 0 Å². The molecule has 0 fully saturated rings. The molecule has 0 radical (unpaired) electrons. The fraction of sp³-hybridized carbons (Fsp3) is 0.158. The summed E-state index contributed by atoms with van der Waals surface area (Å²) in [4.78, 5) is 0. The van der Waals surface area contributed by atoms with Gasteiger partial charge in [0.05, 0.1) is 11.4 Å². The van der Waals surface area contributed by atoms with E-state index < -0.39 is 0 Å². The van der Waals surface area contributed by atoms with Crippen LogP contribution in [-0.2, 0) is 6.54 Å². The molecule has 2 N–H and O–H groups in total. The highest BCUT2D eigenvalue weighted by molar-refractivity contribution is 5.70. The Morgan fingerprint density at radius 1 is 1.00 bits per heavy atom.